The number of phosphoric ester groups is 2. The SMILES string of the molecule is CC/C=C\C[C@@H](O)/C=C/C=C\C=C\[C@@H](O)C/C=C\C/C=C\CCC(=O)OC[C@H](COP(=O)(O)OC[C@@H](O)COP(=O)(O)O)OC(=O)CCCCCCCCCCCCCCCCCCCCC(C)C. The highest BCUT2D eigenvalue weighted by Crippen LogP contribution is 2.44. The number of phosphoric acid groups is 2. The van der Waals surface area contributed by atoms with E-state index in [1.807, 2.05) is 37.3 Å². The maximum atomic E-state index is 12.7. The minimum atomic E-state index is -4.89. The van der Waals surface area contributed by atoms with E-state index >= 15 is 0 Å². The predicted molar refractivity (Wildman–Crippen MR) is 274 cm³/mol. The van der Waals surface area contributed by atoms with Gasteiger partial charge in [0.2, 0.25) is 0 Å². The monoisotopic (exact) mass is 1020 g/mol. The molecule has 17 heteroatoms. The quantitative estimate of drug-likeness (QED) is 0.0109. The van der Waals surface area contributed by atoms with Crippen LogP contribution in [0.15, 0.2) is 72.9 Å². The molecule has 0 heterocycles. The lowest BCUT2D eigenvalue weighted by Gasteiger charge is -2.20. The van der Waals surface area contributed by atoms with E-state index in [9.17, 15) is 38.9 Å². The van der Waals surface area contributed by atoms with Crippen molar-refractivity contribution in [3.8, 4) is 0 Å². The van der Waals surface area contributed by atoms with Crippen LogP contribution >= 0.6 is 15.6 Å². The first kappa shape index (κ1) is 66.5. The van der Waals surface area contributed by atoms with E-state index < -0.39 is 78.4 Å². The third-order valence-electron chi connectivity index (χ3n) is 10.7. The number of hydrogen-bond donors (Lipinski definition) is 6. The highest BCUT2D eigenvalue weighted by Gasteiger charge is 2.28. The molecule has 0 aliphatic rings. The van der Waals surface area contributed by atoms with E-state index in [0.717, 1.165) is 38.0 Å². The van der Waals surface area contributed by atoms with E-state index in [0.29, 0.717) is 32.1 Å². The van der Waals surface area contributed by atoms with Crippen LogP contribution in [0, 0.1) is 5.92 Å². The van der Waals surface area contributed by atoms with Crippen molar-refractivity contribution < 1.29 is 71.8 Å². The average Bonchev–Trinajstić information content (AvgIpc) is 3.29. The van der Waals surface area contributed by atoms with E-state index in [1.54, 1.807) is 42.5 Å². The van der Waals surface area contributed by atoms with Gasteiger partial charge in [-0.15, -0.1) is 0 Å². The standard InChI is InChI=1S/C52H92O15P2/c1-4-5-28-36-47(53)38-31-26-27-32-39-48(54)37-30-23-20-21-24-33-40-51(56)63-44-50(45-66-69(61,62)65-43-49(55)42-64-68(58,59)60)67-52(57)41-34-25-19-17-15-13-11-9-7-6-8-10-12-14-16-18-22-29-35-46(2)3/h5,21,23-24,26-28,30-32,38-39,46-50,53-55H,4,6-20,22,25,29,33-37,40-45H2,1-3H3,(H,61,62)(H2,58,59,60)/b24-21-,27-26-,28-5-,30-23-,38-31+,39-32+/t47-,48+,49+,50-/m1/s1. The van der Waals surface area contributed by atoms with Gasteiger partial charge in [0.25, 0.3) is 0 Å². The minimum Gasteiger partial charge on any atom is -0.462 e. The fraction of sp³-hybridized carbons (Fsp3) is 0.731. The van der Waals surface area contributed by atoms with Crippen molar-refractivity contribution in [2.24, 2.45) is 5.92 Å². The zero-order chi connectivity index (χ0) is 51.3. The zero-order valence-electron chi connectivity index (χ0n) is 42.3. The summed E-state index contributed by atoms with van der Waals surface area (Å²) in [4.78, 5) is 52.9. The molecule has 15 nitrogen and oxygen atoms in total. The van der Waals surface area contributed by atoms with E-state index in [-0.39, 0.29) is 12.8 Å². The summed E-state index contributed by atoms with van der Waals surface area (Å²) in [7, 11) is -9.75. The van der Waals surface area contributed by atoms with Crippen molar-refractivity contribution in [1.82, 2.24) is 0 Å². The van der Waals surface area contributed by atoms with Gasteiger partial charge in [-0.2, -0.15) is 0 Å². The molecule has 5 atom stereocenters. The first-order valence-corrected chi connectivity index (χ1v) is 28.7. The Morgan fingerprint density at radius 1 is 0.522 bits per heavy atom. The molecule has 0 aromatic heterocycles. The molecule has 0 rings (SSSR count). The molecule has 0 spiro atoms. The number of carbonyl (C=O) groups is 2. The van der Waals surface area contributed by atoms with Crippen LogP contribution in [-0.4, -0.2) is 92.8 Å². The molecule has 0 aliphatic carbocycles. The molecule has 0 fully saturated rings. The summed E-state index contributed by atoms with van der Waals surface area (Å²) in [5.74, 6) is -0.373. The van der Waals surface area contributed by atoms with Crippen LogP contribution in [0.25, 0.3) is 0 Å². The summed E-state index contributed by atoms with van der Waals surface area (Å²) in [5, 5.41) is 29.8. The van der Waals surface area contributed by atoms with Gasteiger partial charge in [-0.05, 0) is 44.4 Å². The Morgan fingerprint density at radius 2 is 0.986 bits per heavy atom. The van der Waals surface area contributed by atoms with Crippen molar-refractivity contribution in [1.29, 1.82) is 0 Å². The molecule has 1 unspecified atom stereocenters. The predicted octanol–water partition coefficient (Wildman–Crippen LogP) is 11.9. The molecule has 0 saturated heterocycles. The molecule has 400 valence electrons. The summed E-state index contributed by atoms with van der Waals surface area (Å²) in [5.41, 5.74) is 0. The van der Waals surface area contributed by atoms with Crippen molar-refractivity contribution in [2.75, 3.05) is 26.4 Å². The second-order valence-corrected chi connectivity index (χ2v) is 20.6. The number of hydrogen-bond acceptors (Lipinski definition) is 12. The lowest BCUT2D eigenvalue weighted by Crippen LogP contribution is -2.29. The van der Waals surface area contributed by atoms with Gasteiger partial charge in [-0.25, -0.2) is 9.13 Å². The molecule has 0 bridgehead atoms. The normalized spacial score (nSPS) is 15.4. The number of carbonyl (C=O) groups excluding carboxylic acids is 2. The third-order valence-corrected chi connectivity index (χ3v) is 12.1. The van der Waals surface area contributed by atoms with Crippen LogP contribution in [0.5, 0.6) is 0 Å². The number of aliphatic hydroxyl groups is 3. The number of ether oxygens (including phenoxy) is 2. The van der Waals surface area contributed by atoms with Crippen LogP contribution < -0.4 is 0 Å². The Balaban J connectivity index is 4.59. The topological polar surface area (TPSA) is 236 Å². The molecule has 0 aliphatic heterocycles. The Bertz CT molecular complexity index is 1540. The summed E-state index contributed by atoms with van der Waals surface area (Å²) in [6, 6.07) is 0. The third kappa shape index (κ3) is 50.2. The number of aliphatic hydroxyl groups excluding tert-OH is 3. The number of rotatable bonds is 47. The number of unbranched alkanes of at least 4 members (excludes halogenated alkanes) is 17. The Labute approximate surface area is 415 Å². The second-order valence-electron chi connectivity index (χ2n) is 17.9. The van der Waals surface area contributed by atoms with Crippen molar-refractivity contribution >= 4 is 27.6 Å². The van der Waals surface area contributed by atoms with Gasteiger partial charge in [0.1, 0.15) is 12.7 Å². The molecule has 0 aromatic rings. The van der Waals surface area contributed by atoms with Gasteiger partial charge in [0, 0.05) is 12.8 Å². The number of allylic oxidation sites excluding steroid dienone is 8. The van der Waals surface area contributed by atoms with Crippen LogP contribution in [-0.2, 0) is 41.8 Å². The molecular weight excluding hydrogens is 927 g/mol. The largest absolute Gasteiger partial charge is 0.472 e. The Morgan fingerprint density at radius 3 is 1.49 bits per heavy atom. The van der Waals surface area contributed by atoms with Crippen LogP contribution in [0.2, 0.25) is 0 Å². The summed E-state index contributed by atoms with van der Waals surface area (Å²) < 4.78 is 47.8. The van der Waals surface area contributed by atoms with Crippen molar-refractivity contribution in [3.05, 3.63) is 72.9 Å². The molecule has 0 aromatic carbocycles. The minimum absolute atomic E-state index is 0.0119. The summed E-state index contributed by atoms with van der Waals surface area (Å²) in [6.07, 6.45) is 44.0. The van der Waals surface area contributed by atoms with Crippen LogP contribution in [0.4, 0.5) is 0 Å². The van der Waals surface area contributed by atoms with Gasteiger partial charge in [0.15, 0.2) is 6.10 Å². The first-order valence-electron chi connectivity index (χ1n) is 25.7. The molecular formula is C52H92O15P2. The summed E-state index contributed by atoms with van der Waals surface area (Å²) >= 11 is 0. The lowest BCUT2D eigenvalue weighted by atomic mass is 10.0. The lowest BCUT2D eigenvalue weighted by molar-refractivity contribution is -0.161. The summed E-state index contributed by atoms with van der Waals surface area (Å²) in [6.45, 7) is 3.74. The molecule has 0 amide bonds. The van der Waals surface area contributed by atoms with Gasteiger partial charge in [-0.3, -0.25) is 23.2 Å². The first-order chi connectivity index (χ1) is 33.0. The van der Waals surface area contributed by atoms with Gasteiger partial charge < -0.3 is 39.5 Å². The fourth-order valence-corrected chi connectivity index (χ4v) is 7.95. The van der Waals surface area contributed by atoms with Gasteiger partial charge >= 0.3 is 27.6 Å². The smallest absolute Gasteiger partial charge is 0.462 e. The van der Waals surface area contributed by atoms with E-state index in [4.69, 9.17) is 23.8 Å². The van der Waals surface area contributed by atoms with Crippen LogP contribution in [0.1, 0.15) is 188 Å². The van der Waals surface area contributed by atoms with Gasteiger partial charge in [-0.1, -0.05) is 209 Å². The Kier molecular flexibility index (Phi) is 43.7. The Hall–Kier alpha value is -2.52. The van der Waals surface area contributed by atoms with Crippen molar-refractivity contribution in [2.45, 2.75) is 212 Å². The van der Waals surface area contributed by atoms with Crippen LogP contribution in [0.3, 0.4) is 0 Å². The van der Waals surface area contributed by atoms with Crippen molar-refractivity contribution in [3.63, 3.8) is 0 Å². The molecule has 69 heavy (non-hydrogen) atoms. The van der Waals surface area contributed by atoms with E-state index in [2.05, 4.69) is 22.9 Å². The molecule has 6 N–H and O–H groups in total. The second kappa shape index (κ2) is 45.4. The molecule has 0 saturated carbocycles. The van der Waals surface area contributed by atoms with E-state index in [1.165, 1.54) is 89.9 Å². The van der Waals surface area contributed by atoms with Gasteiger partial charge in [0.05, 0.1) is 32.0 Å². The zero-order valence-corrected chi connectivity index (χ0v) is 44.1. The fourth-order valence-electron chi connectivity index (χ4n) is 6.79. The molecule has 0 radical (unpaired) electrons. The average molecular weight is 1020 g/mol. The highest BCUT2D eigenvalue weighted by molar-refractivity contribution is 7.47. The number of esters is 2. The maximum Gasteiger partial charge on any atom is 0.472 e. The highest BCUT2D eigenvalue weighted by atomic mass is 31.2. The maximum absolute atomic E-state index is 12.7.